The van der Waals surface area contributed by atoms with E-state index in [0.717, 1.165) is 27.9 Å². The fourth-order valence-electron chi connectivity index (χ4n) is 5.44. The van der Waals surface area contributed by atoms with Crippen molar-refractivity contribution < 1.29 is 19.4 Å². The minimum Gasteiger partial charge on any atom is -0.494 e. The number of aliphatic hydroxyl groups is 1. The van der Waals surface area contributed by atoms with E-state index < -0.39 is 11.6 Å². The summed E-state index contributed by atoms with van der Waals surface area (Å²) >= 11 is 0. The molecule has 0 bridgehead atoms. The number of hydrogen-bond donors (Lipinski definition) is 1. The lowest BCUT2D eigenvalue weighted by Gasteiger charge is -2.41. The van der Waals surface area contributed by atoms with Crippen molar-refractivity contribution in [2.45, 2.75) is 31.0 Å². The van der Waals surface area contributed by atoms with Crippen LogP contribution in [-0.2, 0) is 16.1 Å². The Hall–Kier alpha value is -4.68. The molecule has 1 amide bonds. The number of benzene rings is 4. The summed E-state index contributed by atoms with van der Waals surface area (Å²) < 4.78 is 12.3. The van der Waals surface area contributed by atoms with Gasteiger partial charge in [-0.15, -0.1) is 0 Å². The Kier molecular flexibility index (Phi) is 7.65. The standard InChI is InChI=1S/C35H32N2O4/c38-23-10-24-40-29-20-18-28(19-21-29)33-36-35(22-9-15-26-11-3-1-4-12-26)32(41-33)30-16-7-8-17-31(30)37(34(35)39)25-27-13-5-2-6-14-27/h1-9,11-21,32,38H,10,22-25H2/b15-9+/t32-,35-/m0/s1. The first-order valence-corrected chi connectivity index (χ1v) is 13.9. The maximum Gasteiger partial charge on any atom is 0.259 e. The summed E-state index contributed by atoms with van der Waals surface area (Å²) in [5.41, 5.74) is 3.52. The number of para-hydroxylation sites is 1. The predicted octanol–water partition coefficient (Wildman–Crippen LogP) is 6.36. The maximum atomic E-state index is 14.6. The lowest BCUT2D eigenvalue weighted by molar-refractivity contribution is -0.127. The van der Waals surface area contributed by atoms with Crippen molar-refractivity contribution in [3.8, 4) is 5.75 Å². The van der Waals surface area contributed by atoms with Crippen molar-refractivity contribution in [1.82, 2.24) is 0 Å². The molecule has 1 N–H and O–H groups in total. The molecule has 2 atom stereocenters. The number of ether oxygens (including phenoxy) is 2. The second-order valence-electron chi connectivity index (χ2n) is 10.2. The van der Waals surface area contributed by atoms with Crippen LogP contribution in [0.3, 0.4) is 0 Å². The molecule has 2 aliphatic rings. The summed E-state index contributed by atoms with van der Waals surface area (Å²) in [6.07, 6.45) is 4.46. The van der Waals surface area contributed by atoms with Crippen LogP contribution < -0.4 is 9.64 Å². The number of aliphatic imine (C=N–C) groups is 1. The van der Waals surface area contributed by atoms with Gasteiger partial charge in [0.05, 0.1) is 18.8 Å². The van der Waals surface area contributed by atoms with E-state index in [2.05, 4.69) is 0 Å². The van der Waals surface area contributed by atoms with Crippen molar-refractivity contribution in [2.75, 3.05) is 18.1 Å². The van der Waals surface area contributed by atoms with Gasteiger partial charge in [-0.2, -0.15) is 0 Å². The molecule has 41 heavy (non-hydrogen) atoms. The Morgan fingerprint density at radius 3 is 2.37 bits per heavy atom. The maximum absolute atomic E-state index is 14.6. The Labute approximate surface area is 240 Å². The van der Waals surface area contributed by atoms with Crippen LogP contribution in [0, 0.1) is 0 Å². The number of rotatable bonds is 10. The van der Waals surface area contributed by atoms with E-state index in [1.807, 2.05) is 126 Å². The summed E-state index contributed by atoms with van der Waals surface area (Å²) in [4.78, 5) is 21.5. The van der Waals surface area contributed by atoms with Gasteiger partial charge in [-0.3, -0.25) is 4.79 Å². The van der Waals surface area contributed by atoms with Gasteiger partial charge in [0.15, 0.2) is 11.6 Å². The number of amides is 1. The van der Waals surface area contributed by atoms with Gasteiger partial charge in [0.2, 0.25) is 5.90 Å². The van der Waals surface area contributed by atoms with Gasteiger partial charge in [-0.1, -0.05) is 91.0 Å². The van der Waals surface area contributed by atoms with Crippen LogP contribution in [0.15, 0.2) is 120 Å². The summed E-state index contributed by atoms with van der Waals surface area (Å²) in [7, 11) is 0. The lowest BCUT2D eigenvalue weighted by Crippen LogP contribution is -2.53. The minimum atomic E-state index is -1.15. The van der Waals surface area contributed by atoms with Crippen molar-refractivity contribution >= 4 is 23.6 Å². The molecule has 4 aromatic rings. The third-order valence-electron chi connectivity index (χ3n) is 7.48. The predicted molar refractivity (Wildman–Crippen MR) is 161 cm³/mol. The Balaban J connectivity index is 1.39. The number of fused-ring (bicyclic) bond motifs is 3. The first-order chi connectivity index (χ1) is 20.2. The highest BCUT2D eigenvalue weighted by Gasteiger charge is 2.58. The van der Waals surface area contributed by atoms with E-state index in [9.17, 15) is 4.79 Å². The van der Waals surface area contributed by atoms with E-state index in [-0.39, 0.29) is 12.5 Å². The zero-order valence-electron chi connectivity index (χ0n) is 22.7. The highest BCUT2D eigenvalue weighted by atomic mass is 16.5. The number of nitrogens with zero attached hydrogens (tertiary/aromatic N) is 2. The van der Waals surface area contributed by atoms with E-state index >= 15 is 0 Å². The van der Waals surface area contributed by atoms with Crippen molar-refractivity contribution in [2.24, 2.45) is 4.99 Å². The zero-order valence-corrected chi connectivity index (χ0v) is 22.7. The summed E-state index contributed by atoms with van der Waals surface area (Å²) in [5, 5.41) is 9.03. The molecule has 0 spiro atoms. The average molecular weight is 545 g/mol. The molecule has 0 unspecified atom stereocenters. The number of anilines is 1. The Bertz CT molecular complexity index is 1550. The molecule has 6 rings (SSSR count). The topological polar surface area (TPSA) is 71.4 Å². The normalized spacial score (nSPS) is 19.4. The Morgan fingerprint density at radius 1 is 0.902 bits per heavy atom. The van der Waals surface area contributed by atoms with Gasteiger partial charge in [0, 0.05) is 30.6 Å². The molecule has 2 heterocycles. The number of carbonyl (C=O) groups excluding carboxylic acids is 1. The number of aliphatic hydroxyl groups excluding tert-OH is 1. The van der Waals surface area contributed by atoms with Crippen LogP contribution in [0.2, 0.25) is 0 Å². The van der Waals surface area contributed by atoms with Gasteiger partial charge in [0.1, 0.15) is 5.75 Å². The Morgan fingerprint density at radius 2 is 1.61 bits per heavy atom. The first-order valence-electron chi connectivity index (χ1n) is 13.9. The highest BCUT2D eigenvalue weighted by Crippen LogP contribution is 2.50. The van der Waals surface area contributed by atoms with Crippen molar-refractivity contribution in [1.29, 1.82) is 0 Å². The molecule has 6 nitrogen and oxygen atoms in total. The van der Waals surface area contributed by atoms with Gasteiger partial charge in [0.25, 0.3) is 5.91 Å². The van der Waals surface area contributed by atoms with Crippen LogP contribution in [0.5, 0.6) is 5.75 Å². The first kappa shape index (κ1) is 26.5. The van der Waals surface area contributed by atoms with Gasteiger partial charge >= 0.3 is 0 Å². The average Bonchev–Trinajstić information content (AvgIpc) is 3.42. The van der Waals surface area contributed by atoms with Gasteiger partial charge in [-0.05, 0) is 41.5 Å². The second kappa shape index (κ2) is 11.8. The molecular formula is C35H32N2O4. The monoisotopic (exact) mass is 544 g/mol. The summed E-state index contributed by atoms with van der Waals surface area (Å²) in [5.74, 6) is 1.06. The largest absolute Gasteiger partial charge is 0.494 e. The van der Waals surface area contributed by atoms with Crippen LogP contribution >= 0.6 is 0 Å². The van der Waals surface area contributed by atoms with Crippen molar-refractivity contribution in [3.63, 3.8) is 0 Å². The zero-order chi connectivity index (χ0) is 28.1. The summed E-state index contributed by atoms with van der Waals surface area (Å²) in [6.45, 7) is 0.967. The van der Waals surface area contributed by atoms with Gasteiger partial charge in [-0.25, -0.2) is 4.99 Å². The summed E-state index contributed by atoms with van der Waals surface area (Å²) in [6, 6.07) is 35.6. The van der Waals surface area contributed by atoms with E-state index in [1.54, 1.807) is 0 Å². The molecule has 0 saturated carbocycles. The van der Waals surface area contributed by atoms with Crippen LogP contribution in [-0.4, -0.2) is 35.7 Å². The molecule has 4 aromatic carbocycles. The molecule has 0 aliphatic carbocycles. The molecule has 2 aliphatic heterocycles. The SMILES string of the molecule is O=C1N(Cc2ccccc2)c2ccccc2[C@@H]2OC(c3ccc(OCCCO)cc3)=N[C@]12C/C=C/c1ccccc1. The second-order valence-corrected chi connectivity index (χ2v) is 10.2. The van der Waals surface area contributed by atoms with Crippen LogP contribution in [0.1, 0.15) is 41.2 Å². The van der Waals surface area contributed by atoms with Crippen molar-refractivity contribution in [3.05, 3.63) is 138 Å². The van der Waals surface area contributed by atoms with Gasteiger partial charge < -0.3 is 19.5 Å². The highest BCUT2D eigenvalue weighted by molar-refractivity contribution is 6.09. The number of hydrogen-bond acceptors (Lipinski definition) is 5. The number of carbonyl (C=O) groups is 1. The molecular weight excluding hydrogens is 512 g/mol. The fourth-order valence-corrected chi connectivity index (χ4v) is 5.44. The van der Waals surface area contributed by atoms with Crippen LogP contribution in [0.25, 0.3) is 6.08 Å². The fraction of sp³-hybridized carbons (Fsp3) is 0.200. The van der Waals surface area contributed by atoms with E-state index in [1.165, 1.54) is 0 Å². The molecule has 0 aromatic heterocycles. The molecule has 0 radical (unpaired) electrons. The quantitative estimate of drug-likeness (QED) is 0.236. The lowest BCUT2D eigenvalue weighted by atomic mass is 9.79. The van der Waals surface area contributed by atoms with E-state index in [4.69, 9.17) is 19.6 Å². The van der Waals surface area contributed by atoms with Crippen LogP contribution in [0.4, 0.5) is 5.69 Å². The third-order valence-corrected chi connectivity index (χ3v) is 7.48. The minimum absolute atomic E-state index is 0.0817. The molecule has 6 heteroatoms. The van der Waals surface area contributed by atoms with E-state index in [0.29, 0.717) is 37.6 Å². The smallest absolute Gasteiger partial charge is 0.259 e. The third kappa shape index (κ3) is 5.39. The molecule has 206 valence electrons. The molecule has 0 saturated heterocycles. The molecule has 0 fully saturated rings.